The predicted octanol–water partition coefficient (Wildman–Crippen LogP) is 1.00. The van der Waals surface area contributed by atoms with Gasteiger partial charge in [0.25, 0.3) is 0 Å². The Morgan fingerprint density at radius 2 is 1.93 bits per heavy atom. The van der Waals surface area contributed by atoms with E-state index in [1.54, 1.807) is 7.11 Å². The first-order chi connectivity index (χ1) is 7.06. The molecule has 0 radical (unpaired) electrons. The molecule has 1 aliphatic heterocycles. The molecule has 0 aromatic heterocycles. The average Bonchev–Trinajstić information content (AvgIpc) is 2.19. The second-order valence-electron chi connectivity index (χ2n) is 3.73. The van der Waals surface area contributed by atoms with Gasteiger partial charge in [0.2, 0.25) is 0 Å². The average molecular weight is 216 g/mol. The zero-order chi connectivity index (χ0) is 11.8. The molecule has 0 aromatic rings. The van der Waals surface area contributed by atoms with Crippen LogP contribution in [-0.2, 0) is 9.47 Å². The first-order valence-corrected chi connectivity index (χ1v) is 5.44. The Hall–Kier alpha value is -0.420. The van der Waals surface area contributed by atoms with Crippen molar-refractivity contribution in [3.05, 3.63) is 12.2 Å². The number of ether oxygens (including phenoxy) is 2. The van der Waals surface area contributed by atoms with Gasteiger partial charge < -0.3 is 20.9 Å². The van der Waals surface area contributed by atoms with Crippen LogP contribution in [0.3, 0.4) is 0 Å². The van der Waals surface area contributed by atoms with Gasteiger partial charge >= 0.3 is 0 Å². The second kappa shape index (κ2) is 7.82. The van der Waals surface area contributed by atoms with Gasteiger partial charge in [-0.2, -0.15) is 0 Å². The largest absolute Gasteiger partial charge is 0.354 e. The van der Waals surface area contributed by atoms with Gasteiger partial charge in [-0.25, -0.2) is 0 Å². The zero-order valence-electron chi connectivity index (χ0n) is 10.1. The highest BCUT2D eigenvalue weighted by Crippen LogP contribution is 2.13. The van der Waals surface area contributed by atoms with E-state index in [4.69, 9.17) is 20.9 Å². The van der Waals surface area contributed by atoms with Crippen LogP contribution in [0.5, 0.6) is 0 Å². The summed E-state index contributed by atoms with van der Waals surface area (Å²) in [6.07, 6.45) is 4.54. The molecule has 4 atom stereocenters. The van der Waals surface area contributed by atoms with E-state index in [0.29, 0.717) is 0 Å². The van der Waals surface area contributed by atoms with Gasteiger partial charge in [-0.3, -0.25) is 0 Å². The molecule has 0 fully saturated rings. The summed E-state index contributed by atoms with van der Waals surface area (Å²) in [5, 5.41) is 0. The minimum Gasteiger partial charge on any atom is -0.354 e. The van der Waals surface area contributed by atoms with E-state index in [1.165, 1.54) is 6.42 Å². The van der Waals surface area contributed by atoms with Gasteiger partial charge in [-0.15, -0.1) is 0 Å². The molecule has 0 amide bonds. The van der Waals surface area contributed by atoms with Crippen LogP contribution in [-0.4, -0.2) is 31.6 Å². The monoisotopic (exact) mass is 216 g/mol. The SMILES string of the molecule is CCC.CO[C@H]1OC(C(C)N)C=CC1N. The van der Waals surface area contributed by atoms with Crippen molar-refractivity contribution in [3.8, 4) is 0 Å². The maximum atomic E-state index is 5.67. The van der Waals surface area contributed by atoms with Crippen molar-refractivity contribution in [2.24, 2.45) is 11.5 Å². The van der Waals surface area contributed by atoms with Crippen LogP contribution < -0.4 is 11.5 Å². The van der Waals surface area contributed by atoms with Gasteiger partial charge in [0.05, 0.1) is 12.1 Å². The molecule has 1 aliphatic rings. The first kappa shape index (κ1) is 14.6. The fourth-order valence-corrected chi connectivity index (χ4v) is 1.13. The molecule has 0 aliphatic carbocycles. The summed E-state index contributed by atoms with van der Waals surface area (Å²) >= 11 is 0. The molecule has 0 bridgehead atoms. The van der Waals surface area contributed by atoms with Crippen molar-refractivity contribution in [3.63, 3.8) is 0 Å². The molecule has 0 saturated heterocycles. The van der Waals surface area contributed by atoms with Crippen molar-refractivity contribution >= 4 is 0 Å². The molecule has 0 spiro atoms. The Balaban J connectivity index is 0.000000583. The van der Waals surface area contributed by atoms with E-state index in [2.05, 4.69) is 13.8 Å². The highest BCUT2D eigenvalue weighted by atomic mass is 16.7. The quantitative estimate of drug-likeness (QED) is 0.676. The van der Waals surface area contributed by atoms with Crippen molar-refractivity contribution in [1.82, 2.24) is 0 Å². The molecular formula is C11H24N2O2. The van der Waals surface area contributed by atoms with E-state index in [0.717, 1.165) is 0 Å². The lowest BCUT2D eigenvalue weighted by atomic mass is 10.1. The van der Waals surface area contributed by atoms with Crippen LogP contribution >= 0.6 is 0 Å². The number of nitrogens with two attached hydrogens (primary N) is 2. The van der Waals surface area contributed by atoms with Crippen LogP contribution in [0.1, 0.15) is 27.2 Å². The van der Waals surface area contributed by atoms with Crippen molar-refractivity contribution < 1.29 is 9.47 Å². The van der Waals surface area contributed by atoms with Crippen LogP contribution in [0, 0.1) is 0 Å². The molecule has 90 valence electrons. The summed E-state index contributed by atoms with van der Waals surface area (Å²) in [5.41, 5.74) is 11.3. The highest BCUT2D eigenvalue weighted by molar-refractivity contribution is 5.04. The van der Waals surface area contributed by atoms with Gasteiger partial charge in [0, 0.05) is 13.2 Å². The van der Waals surface area contributed by atoms with E-state index in [9.17, 15) is 0 Å². The Labute approximate surface area is 92.6 Å². The number of methoxy groups -OCH3 is 1. The molecule has 0 aromatic carbocycles. The fraction of sp³-hybridized carbons (Fsp3) is 0.818. The second-order valence-corrected chi connectivity index (χ2v) is 3.73. The third kappa shape index (κ3) is 5.28. The van der Waals surface area contributed by atoms with Gasteiger partial charge in [-0.1, -0.05) is 32.4 Å². The number of hydrogen-bond acceptors (Lipinski definition) is 4. The predicted molar refractivity (Wildman–Crippen MR) is 62.4 cm³/mol. The zero-order valence-corrected chi connectivity index (χ0v) is 10.1. The van der Waals surface area contributed by atoms with Gasteiger partial charge in [0.1, 0.15) is 0 Å². The Bertz CT molecular complexity index is 183. The number of rotatable bonds is 2. The Kier molecular flexibility index (Phi) is 7.60. The fourth-order valence-electron chi connectivity index (χ4n) is 1.13. The van der Waals surface area contributed by atoms with Gasteiger partial charge in [-0.05, 0) is 6.92 Å². The normalized spacial score (nSPS) is 31.7. The van der Waals surface area contributed by atoms with Crippen LogP contribution in [0.2, 0.25) is 0 Å². The standard InChI is InChI=1S/C8H16N2O2.C3H8/c1-5(9)7-4-3-6(10)8(11-2)12-7;1-3-2/h3-8H,9-10H2,1-2H3;3H2,1-2H3/t5?,6?,7?,8-;/m0./s1. The molecule has 1 rings (SSSR count). The summed E-state index contributed by atoms with van der Waals surface area (Å²) in [6.45, 7) is 6.14. The summed E-state index contributed by atoms with van der Waals surface area (Å²) in [4.78, 5) is 0. The van der Waals surface area contributed by atoms with Crippen molar-refractivity contribution in [2.45, 2.75) is 51.7 Å². The molecule has 0 saturated carbocycles. The van der Waals surface area contributed by atoms with Crippen LogP contribution in [0.25, 0.3) is 0 Å². The summed E-state index contributed by atoms with van der Waals surface area (Å²) in [5.74, 6) is 0. The molecule has 3 unspecified atom stereocenters. The summed E-state index contributed by atoms with van der Waals surface area (Å²) in [6, 6.07) is -0.226. The summed E-state index contributed by atoms with van der Waals surface area (Å²) in [7, 11) is 1.57. The minimum absolute atomic E-state index is 0.0357. The van der Waals surface area contributed by atoms with Crippen LogP contribution in [0.15, 0.2) is 12.2 Å². The Morgan fingerprint density at radius 1 is 1.40 bits per heavy atom. The van der Waals surface area contributed by atoms with E-state index >= 15 is 0 Å². The van der Waals surface area contributed by atoms with Crippen molar-refractivity contribution in [1.29, 1.82) is 0 Å². The Morgan fingerprint density at radius 3 is 2.33 bits per heavy atom. The maximum Gasteiger partial charge on any atom is 0.176 e. The minimum atomic E-state index is -0.369. The first-order valence-electron chi connectivity index (χ1n) is 5.44. The van der Waals surface area contributed by atoms with E-state index < -0.39 is 0 Å². The molecule has 15 heavy (non-hydrogen) atoms. The lowest BCUT2D eigenvalue weighted by molar-refractivity contribution is -0.158. The molecular weight excluding hydrogens is 192 g/mol. The molecule has 4 nitrogen and oxygen atoms in total. The third-order valence-corrected chi connectivity index (χ3v) is 1.88. The van der Waals surface area contributed by atoms with Crippen LogP contribution in [0.4, 0.5) is 0 Å². The molecule has 4 N–H and O–H groups in total. The van der Waals surface area contributed by atoms with E-state index in [1.807, 2.05) is 19.1 Å². The smallest absolute Gasteiger partial charge is 0.176 e. The highest BCUT2D eigenvalue weighted by Gasteiger charge is 2.25. The molecule has 1 heterocycles. The maximum absolute atomic E-state index is 5.67. The van der Waals surface area contributed by atoms with Gasteiger partial charge in [0.15, 0.2) is 6.29 Å². The lowest BCUT2D eigenvalue weighted by Crippen LogP contribution is -2.46. The molecule has 4 heteroatoms. The summed E-state index contributed by atoms with van der Waals surface area (Å²) < 4.78 is 10.5. The number of hydrogen-bond donors (Lipinski definition) is 2. The van der Waals surface area contributed by atoms with E-state index in [-0.39, 0.29) is 24.5 Å². The topological polar surface area (TPSA) is 70.5 Å². The lowest BCUT2D eigenvalue weighted by Gasteiger charge is -2.30. The third-order valence-electron chi connectivity index (χ3n) is 1.88. The van der Waals surface area contributed by atoms with Crippen molar-refractivity contribution in [2.75, 3.05) is 7.11 Å².